The molecule has 0 atom stereocenters. The second-order valence-electron chi connectivity index (χ2n) is 8.31. The number of piperazine rings is 1. The third-order valence-electron chi connectivity index (χ3n) is 6.22. The first-order valence-electron chi connectivity index (χ1n) is 11.2. The maximum absolute atomic E-state index is 12.8. The Morgan fingerprint density at radius 1 is 1.18 bits per heavy atom. The van der Waals surface area contributed by atoms with E-state index in [4.69, 9.17) is 16.3 Å². The van der Waals surface area contributed by atoms with Crippen LogP contribution < -0.4 is 15.4 Å². The SMILES string of the molecule is Cc1nc(N2CCOCC2)[nH]c(=O)c1CCC(=O)N1CCN(c2ccc(Cl)cc2[N+](=O)[O-])CC1. The van der Waals surface area contributed by atoms with Gasteiger partial charge in [0.25, 0.3) is 11.2 Å². The fourth-order valence-electron chi connectivity index (χ4n) is 4.31. The van der Waals surface area contributed by atoms with E-state index < -0.39 is 4.92 Å². The minimum Gasteiger partial charge on any atom is -0.378 e. The van der Waals surface area contributed by atoms with Gasteiger partial charge in [-0.05, 0) is 25.5 Å². The van der Waals surface area contributed by atoms with Crippen LogP contribution in [-0.2, 0) is 16.0 Å². The molecule has 1 aromatic carbocycles. The number of nitro groups is 1. The summed E-state index contributed by atoms with van der Waals surface area (Å²) in [5, 5.41) is 11.7. The number of halogens is 1. The quantitative estimate of drug-likeness (QED) is 0.479. The first-order valence-corrected chi connectivity index (χ1v) is 11.6. The molecule has 2 aliphatic heterocycles. The molecule has 4 rings (SSSR count). The van der Waals surface area contributed by atoms with Gasteiger partial charge in [-0.15, -0.1) is 0 Å². The summed E-state index contributed by atoms with van der Waals surface area (Å²) in [7, 11) is 0. The van der Waals surface area contributed by atoms with Gasteiger partial charge >= 0.3 is 0 Å². The average Bonchev–Trinajstić information content (AvgIpc) is 2.84. The first kappa shape index (κ1) is 24.0. The molecule has 0 saturated carbocycles. The number of morpholine rings is 1. The van der Waals surface area contributed by atoms with Crippen LogP contribution >= 0.6 is 11.6 Å². The number of ether oxygens (including phenoxy) is 1. The molecule has 0 unspecified atom stereocenters. The van der Waals surface area contributed by atoms with Crippen molar-refractivity contribution >= 4 is 34.8 Å². The topological polar surface area (TPSA) is 125 Å². The number of hydrogen-bond donors (Lipinski definition) is 1. The zero-order valence-corrected chi connectivity index (χ0v) is 19.7. The van der Waals surface area contributed by atoms with Gasteiger partial charge in [0, 0.05) is 68.0 Å². The molecular weight excluding hydrogens is 464 g/mol. The molecule has 2 aromatic rings. The number of hydrogen-bond acceptors (Lipinski definition) is 8. The number of benzene rings is 1. The third kappa shape index (κ3) is 5.31. The second kappa shape index (κ2) is 10.4. The van der Waals surface area contributed by atoms with Crippen molar-refractivity contribution in [2.45, 2.75) is 19.8 Å². The number of rotatable bonds is 6. The Hall–Kier alpha value is -3.18. The monoisotopic (exact) mass is 490 g/mol. The number of H-pyrrole nitrogens is 1. The van der Waals surface area contributed by atoms with Crippen molar-refractivity contribution in [2.75, 3.05) is 62.3 Å². The van der Waals surface area contributed by atoms with Gasteiger partial charge in [-0.25, -0.2) is 4.98 Å². The largest absolute Gasteiger partial charge is 0.378 e. The van der Waals surface area contributed by atoms with Gasteiger partial charge in [-0.2, -0.15) is 0 Å². The number of nitro benzene ring substituents is 1. The summed E-state index contributed by atoms with van der Waals surface area (Å²) in [6.45, 7) is 6.17. The van der Waals surface area contributed by atoms with Crippen molar-refractivity contribution in [3.63, 3.8) is 0 Å². The first-order chi connectivity index (χ1) is 16.3. The highest BCUT2D eigenvalue weighted by atomic mass is 35.5. The van der Waals surface area contributed by atoms with Gasteiger partial charge in [0.1, 0.15) is 5.69 Å². The minimum atomic E-state index is -0.447. The number of nitrogens with one attached hydrogen (secondary N) is 1. The van der Waals surface area contributed by atoms with E-state index >= 15 is 0 Å². The Balaban J connectivity index is 1.34. The Labute approximate surface area is 201 Å². The van der Waals surface area contributed by atoms with Crippen LogP contribution in [0.25, 0.3) is 0 Å². The van der Waals surface area contributed by atoms with Crippen molar-refractivity contribution in [1.29, 1.82) is 0 Å². The predicted octanol–water partition coefficient (Wildman–Crippen LogP) is 1.76. The van der Waals surface area contributed by atoms with Gasteiger partial charge in [-0.3, -0.25) is 24.7 Å². The summed E-state index contributed by atoms with van der Waals surface area (Å²) in [4.78, 5) is 49.4. The van der Waals surface area contributed by atoms with E-state index in [0.717, 1.165) is 0 Å². The molecule has 11 nitrogen and oxygen atoms in total. The Bertz CT molecular complexity index is 1130. The van der Waals surface area contributed by atoms with Gasteiger partial charge in [0.15, 0.2) is 0 Å². The molecule has 2 fully saturated rings. The van der Waals surface area contributed by atoms with E-state index in [1.807, 2.05) is 9.80 Å². The molecule has 0 bridgehead atoms. The molecule has 2 aliphatic rings. The number of aryl methyl sites for hydroxylation is 1. The zero-order valence-electron chi connectivity index (χ0n) is 19.0. The fraction of sp³-hybridized carbons (Fsp3) is 0.500. The van der Waals surface area contributed by atoms with Gasteiger partial charge in [0.05, 0.1) is 18.1 Å². The van der Waals surface area contributed by atoms with Crippen LogP contribution in [0, 0.1) is 17.0 Å². The molecule has 1 amide bonds. The lowest BCUT2D eigenvalue weighted by molar-refractivity contribution is -0.384. The third-order valence-corrected chi connectivity index (χ3v) is 6.45. The molecule has 1 aromatic heterocycles. The minimum absolute atomic E-state index is 0.0463. The van der Waals surface area contributed by atoms with E-state index in [1.165, 1.54) is 6.07 Å². The van der Waals surface area contributed by atoms with Crippen LogP contribution in [0.1, 0.15) is 17.7 Å². The lowest BCUT2D eigenvalue weighted by atomic mass is 10.1. The Morgan fingerprint density at radius 3 is 2.53 bits per heavy atom. The fourth-order valence-corrected chi connectivity index (χ4v) is 4.48. The summed E-state index contributed by atoms with van der Waals surface area (Å²) < 4.78 is 5.34. The van der Waals surface area contributed by atoms with Crippen LogP contribution in [0.4, 0.5) is 17.3 Å². The standard InChI is InChI=1S/C22H27ClN6O5/c1-15-17(21(31)25-22(24-15)28-10-12-34-13-11-28)3-5-20(30)27-8-6-26(7-9-27)18-4-2-16(23)14-19(18)29(32)33/h2,4,14H,3,5-13H2,1H3,(H,24,25,31). The summed E-state index contributed by atoms with van der Waals surface area (Å²) in [6, 6.07) is 4.60. The molecule has 0 aliphatic carbocycles. The van der Waals surface area contributed by atoms with Crippen LogP contribution in [-0.4, -0.2) is 78.2 Å². The highest BCUT2D eigenvalue weighted by molar-refractivity contribution is 6.30. The number of carbonyl (C=O) groups excluding carboxylic acids is 1. The van der Waals surface area contributed by atoms with E-state index in [-0.39, 0.29) is 23.6 Å². The molecule has 3 heterocycles. The summed E-state index contributed by atoms with van der Waals surface area (Å²) in [5.41, 5.74) is 1.37. The highest BCUT2D eigenvalue weighted by Crippen LogP contribution is 2.31. The lowest BCUT2D eigenvalue weighted by Crippen LogP contribution is -2.49. The number of carbonyl (C=O) groups is 1. The Morgan fingerprint density at radius 2 is 1.88 bits per heavy atom. The highest BCUT2D eigenvalue weighted by Gasteiger charge is 2.26. The summed E-state index contributed by atoms with van der Waals surface area (Å²) in [5.74, 6) is 0.481. The molecule has 1 N–H and O–H groups in total. The molecule has 0 spiro atoms. The lowest BCUT2D eigenvalue weighted by Gasteiger charge is -2.36. The molecule has 182 valence electrons. The van der Waals surface area contributed by atoms with E-state index in [2.05, 4.69) is 9.97 Å². The molecule has 0 radical (unpaired) electrons. The van der Waals surface area contributed by atoms with Gasteiger partial charge in [0.2, 0.25) is 11.9 Å². The van der Waals surface area contributed by atoms with E-state index in [0.29, 0.717) is 86.8 Å². The number of nitrogens with zero attached hydrogens (tertiary/aromatic N) is 5. The molecule has 34 heavy (non-hydrogen) atoms. The number of anilines is 2. The predicted molar refractivity (Wildman–Crippen MR) is 128 cm³/mol. The second-order valence-corrected chi connectivity index (χ2v) is 8.75. The maximum atomic E-state index is 12.8. The van der Waals surface area contributed by atoms with Crippen LogP contribution in [0.5, 0.6) is 0 Å². The van der Waals surface area contributed by atoms with Crippen molar-refractivity contribution in [2.24, 2.45) is 0 Å². The molecule has 2 saturated heterocycles. The van der Waals surface area contributed by atoms with E-state index in [9.17, 15) is 19.7 Å². The van der Waals surface area contributed by atoms with E-state index in [1.54, 1.807) is 24.0 Å². The number of aromatic amines is 1. The van der Waals surface area contributed by atoms with Crippen molar-refractivity contribution in [3.05, 3.63) is 54.9 Å². The normalized spacial score (nSPS) is 16.6. The zero-order chi connectivity index (χ0) is 24.2. The van der Waals surface area contributed by atoms with Crippen molar-refractivity contribution in [3.8, 4) is 0 Å². The maximum Gasteiger partial charge on any atom is 0.294 e. The number of amides is 1. The molecular formula is C22H27ClN6O5. The summed E-state index contributed by atoms with van der Waals surface area (Å²) >= 11 is 5.91. The van der Waals surface area contributed by atoms with Crippen LogP contribution in [0.3, 0.4) is 0 Å². The molecule has 12 heteroatoms. The van der Waals surface area contributed by atoms with Crippen molar-refractivity contribution in [1.82, 2.24) is 14.9 Å². The van der Waals surface area contributed by atoms with Crippen LogP contribution in [0.15, 0.2) is 23.0 Å². The van der Waals surface area contributed by atoms with Gasteiger partial charge < -0.3 is 19.4 Å². The van der Waals surface area contributed by atoms with Gasteiger partial charge in [-0.1, -0.05) is 11.6 Å². The average molecular weight is 491 g/mol. The number of aromatic nitrogens is 2. The van der Waals surface area contributed by atoms with Crippen LogP contribution in [0.2, 0.25) is 5.02 Å². The Kier molecular flexibility index (Phi) is 7.32. The summed E-state index contributed by atoms with van der Waals surface area (Å²) in [6.07, 6.45) is 0.503. The smallest absolute Gasteiger partial charge is 0.294 e. The van der Waals surface area contributed by atoms with Crippen molar-refractivity contribution < 1.29 is 14.5 Å².